The lowest BCUT2D eigenvalue weighted by Crippen LogP contribution is -2.46. The van der Waals surface area contributed by atoms with Gasteiger partial charge >= 0.3 is 0 Å². The first-order valence-electron chi connectivity index (χ1n) is 6.17. The predicted octanol–water partition coefficient (Wildman–Crippen LogP) is 1.82. The second-order valence-electron chi connectivity index (χ2n) is 4.27. The molecule has 0 radical (unpaired) electrons. The fourth-order valence-electron chi connectivity index (χ4n) is 2.40. The van der Waals surface area contributed by atoms with Gasteiger partial charge < -0.3 is 14.8 Å². The van der Waals surface area contributed by atoms with Gasteiger partial charge in [0.05, 0.1) is 12.7 Å². The van der Waals surface area contributed by atoms with Crippen LogP contribution < -0.4 is 5.32 Å². The number of rotatable bonds is 7. The highest BCUT2D eigenvalue weighted by Crippen LogP contribution is 2.22. The molecule has 0 bridgehead atoms. The molecule has 1 rings (SSSR count). The number of hydrogen-bond donors (Lipinski definition) is 1. The van der Waals surface area contributed by atoms with Crippen LogP contribution in [0.4, 0.5) is 0 Å². The van der Waals surface area contributed by atoms with Gasteiger partial charge in [0.25, 0.3) is 0 Å². The van der Waals surface area contributed by atoms with Crippen molar-refractivity contribution in [2.75, 3.05) is 26.9 Å². The van der Waals surface area contributed by atoms with E-state index in [-0.39, 0.29) is 0 Å². The standard InChI is InChI=1S/C12H25NO2/c1-4-6-11(14-3)12(13-5-2)10-7-8-15-9-10/h10-13H,4-9H2,1-3H3. The Bertz CT molecular complexity index is 158. The van der Waals surface area contributed by atoms with E-state index in [1.165, 1.54) is 12.8 Å². The van der Waals surface area contributed by atoms with E-state index in [2.05, 4.69) is 19.2 Å². The molecule has 0 saturated carbocycles. The van der Waals surface area contributed by atoms with Crippen molar-refractivity contribution in [1.82, 2.24) is 5.32 Å². The molecule has 3 heteroatoms. The van der Waals surface area contributed by atoms with Crippen LogP contribution in [0.1, 0.15) is 33.1 Å². The fourth-order valence-corrected chi connectivity index (χ4v) is 2.40. The summed E-state index contributed by atoms with van der Waals surface area (Å²) in [7, 11) is 1.82. The van der Waals surface area contributed by atoms with E-state index >= 15 is 0 Å². The first-order valence-corrected chi connectivity index (χ1v) is 6.17. The maximum atomic E-state index is 5.60. The van der Waals surface area contributed by atoms with Crippen LogP contribution in [0.2, 0.25) is 0 Å². The lowest BCUT2D eigenvalue weighted by atomic mass is 9.92. The van der Waals surface area contributed by atoms with Gasteiger partial charge in [0.15, 0.2) is 0 Å². The van der Waals surface area contributed by atoms with Crippen LogP contribution in [-0.2, 0) is 9.47 Å². The maximum absolute atomic E-state index is 5.60. The second kappa shape index (κ2) is 7.20. The molecule has 3 unspecified atom stereocenters. The van der Waals surface area contributed by atoms with Gasteiger partial charge in [-0.1, -0.05) is 20.3 Å². The van der Waals surface area contributed by atoms with Gasteiger partial charge in [0.2, 0.25) is 0 Å². The molecule has 0 spiro atoms. The minimum Gasteiger partial charge on any atom is -0.381 e. The highest BCUT2D eigenvalue weighted by molar-refractivity contribution is 4.85. The summed E-state index contributed by atoms with van der Waals surface area (Å²) in [4.78, 5) is 0. The molecule has 1 heterocycles. The molecule has 0 amide bonds. The molecule has 0 aromatic heterocycles. The largest absolute Gasteiger partial charge is 0.381 e. The Morgan fingerprint density at radius 1 is 1.47 bits per heavy atom. The molecule has 90 valence electrons. The van der Waals surface area contributed by atoms with Crippen molar-refractivity contribution in [3.63, 3.8) is 0 Å². The van der Waals surface area contributed by atoms with Crippen molar-refractivity contribution in [3.8, 4) is 0 Å². The molecule has 0 aromatic rings. The summed E-state index contributed by atoms with van der Waals surface area (Å²) in [5.74, 6) is 0.626. The third kappa shape index (κ3) is 3.74. The summed E-state index contributed by atoms with van der Waals surface area (Å²) in [5.41, 5.74) is 0. The first-order chi connectivity index (χ1) is 7.33. The van der Waals surface area contributed by atoms with Crippen LogP contribution in [0.25, 0.3) is 0 Å². The summed E-state index contributed by atoms with van der Waals surface area (Å²) < 4.78 is 11.1. The van der Waals surface area contributed by atoms with Crippen molar-refractivity contribution in [2.45, 2.75) is 45.3 Å². The Morgan fingerprint density at radius 2 is 2.27 bits per heavy atom. The van der Waals surface area contributed by atoms with E-state index in [1.807, 2.05) is 7.11 Å². The average molecular weight is 215 g/mol. The Hall–Kier alpha value is -0.120. The molecule has 1 saturated heterocycles. The molecule has 1 N–H and O–H groups in total. The van der Waals surface area contributed by atoms with Crippen LogP contribution in [-0.4, -0.2) is 39.0 Å². The van der Waals surface area contributed by atoms with Crippen molar-refractivity contribution < 1.29 is 9.47 Å². The molecule has 3 nitrogen and oxygen atoms in total. The van der Waals surface area contributed by atoms with Crippen LogP contribution in [0.15, 0.2) is 0 Å². The van der Waals surface area contributed by atoms with Gasteiger partial charge in [0, 0.05) is 25.7 Å². The average Bonchev–Trinajstić information content (AvgIpc) is 2.76. The molecule has 0 aliphatic carbocycles. The monoisotopic (exact) mass is 215 g/mol. The zero-order valence-electron chi connectivity index (χ0n) is 10.3. The quantitative estimate of drug-likeness (QED) is 0.702. The van der Waals surface area contributed by atoms with Crippen LogP contribution >= 0.6 is 0 Å². The van der Waals surface area contributed by atoms with Gasteiger partial charge in [-0.2, -0.15) is 0 Å². The number of hydrogen-bond acceptors (Lipinski definition) is 3. The predicted molar refractivity (Wildman–Crippen MR) is 62.1 cm³/mol. The van der Waals surface area contributed by atoms with Gasteiger partial charge in [0.1, 0.15) is 0 Å². The van der Waals surface area contributed by atoms with Gasteiger partial charge in [-0.25, -0.2) is 0 Å². The topological polar surface area (TPSA) is 30.5 Å². The number of likely N-dealkylation sites (N-methyl/N-ethyl adjacent to an activating group) is 1. The van der Waals surface area contributed by atoms with E-state index in [1.54, 1.807) is 0 Å². The summed E-state index contributed by atoms with van der Waals surface area (Å²) >= 11 is 0. The van der Waals surface area contributed by atoms with Crippen molar-refractivity contribution in [1.29, 1.82) is 0 Å². The lowest BCUT2D eigenvalue weighted by Gasteiger charge is -2.30. The van der Waals surface area contributed by atoms with Crippen LogP contribution in [0.3, 0.4) is 0 Å². The highest BCUT2D eigenvalue weighted by Gasteiger charge is 2.31. The summed E-state index contributed by atoms with van der Waals surface area (Å²) in [6.07, 6.45) is 3.81. The second-order valence-corrected chi connectivity index (χ2v) is 4.27. The number of nitrogens with one attached hydrogen (secondary N) is 1. The fraction of sp³-hybridized carbons (Fsp3) is 1.00. The highest BCUT2D eigenvalue weighted by atomic mass is 16.5. The molecule has 3 atom stereocenters. The molecule has 1 fully saturated rings. The SMILES string of the molecule is CCCC(OC)C(NCC)C1CCOC1. The van der Waals surface area contributed by atoms with Crippen molar-refractivity contribution in [2.24, 2.45) is 5.92 Å². The van der Waals surface area contributed by atoms with Crippen molar-refractivity contribution >= 4 is 0 Å². The minimum absolute atomic E-state index is 0.335. The lowest BCUT2D eigenvalue weighted by molar-refractivity contribution is 0.0380. The van der Waals surface area contributed by atoms with E-state index in [9.17, 15) is 0 Å². The Morgan fingerprint density at radius 3 is 2.73 bits per heavy atom. The van der Waals surface area contributed by atoms with Crippen LogP contribution in [0, 0.1) is 5.92 Å². The third-order valence-corrected chi connectivity index (χ3v) is 3.19. The minimum atomic E-state index is 0.335. The number of ether oxygens (including phenoxy) is 2. The summed E-state index contributed by atoms with van der Waals surface area (Å²) in [6, 6.07) is 0.461. The smallest absolute Gasteiger partial charge is 0.0727 e. The van der Waals surface area contributed by atoms with E-state index < -0.39 is 0 Å². The normalized spacial score (nSPS) is 25.4. The molecular formula is C12H25NO2. The molecule has 1 aliphatic heterocycles. The molecule has 0 aromatic carbocycles. The molecular weight excluding hydrogens is 190 g/mol. The van der Waals surface area contributed by atoms with Gasteiger partial charge in [-0.15, -0.1) is 0 Å². The zero-order valence-corrected chi connectivity index (χ0v) is 10.3. The Labute approximate surface area is 93.5 Å². The third-order valence-electron chi connectivity index (χ3n) is 3.19. The summed E-state index contributed by atoms with van der Waals surface area (Å²) in [6.45, 7) is 7.17. The van der Waals surface area contributed by atoms with Gasteiger partial charge in [-0.05, 0) is 19.4 Å². The molecule has 1 aliphatic rings. The number of methoxy groups -OCH3 is 1. The molecule has 15 heavy (non-hydrogen) atoms. The Balaban J connectivity index is 2.52. The van der Waals surface area contributed by atoms with Crippen molar-refractivity contribution in [3.05, 3.63) is 0 Å². The summed E-state index contributed by atoms with van der Waals surface area (Å²) in [5, 5.41) is 3.56. The zero-order chi connectivity index (χ0) is 11.1. The maximum Gasteiger partial charge on any atom is 0.0727 e. The van der Waals surface area contributed by atoms with E-state index in [0.29, 0.717) is 18.1 Å². The van der Waals surface area contributed by atoms with E-state index in [0.717, 1.165) is 26.2 Å². The first kappa shape index (κ1) is 12.9. The Kier molecular flexibility index (Phi) is 6.22. The van der Waals surface area contributed by atoms with E-state index in [4.69, 9.17) is 9.47 Å². The van der Waals surface area contributed by atoms with Crippen LogP contribution in [0.5, 0.6) is 0 Å². The van der Waals surface area contributed by atoms with Gasteiger partial charge in [-0.3, -0.25) is 0 Å².